The highest BCUT2D eigenvalue weighted by Crippen LogP contribution is 2.22. The van der Waals surface area contributed by atoms with Crippen LogP contribution in [0, 0.1) is 11.8 Å². The fraction of sp³-hybridized carbons (Fsp3) is 0.488. The number of carbonyl (C=O) groups excluding carboxylic acids is 7. The van der Waals surface area contributed by atoms with Gasteiger partial charge in [0, 0.05) is 18.9 Å². The van der Waals surface area contributed by atoms with Crippen molar-refractivity contribution in [1.82, 2.24) is 31.5 Å². The normalized spacial score (nSPS) is 16.6. The quantitative estimate of drug-likeness (QED) is 0.0810. The third-order valence-corrected chi connectivity index (χ3v) is 10.00. The van der Waals surface area contributed by atoms with Crippen LogP contribution in [-0.4, -0.2) is 121 Å². The van der Waals surface area contributed by atoms with Gasteiger partial charge in [-0.2, -0.15) is 0 Å². The van der Waals surface area contributed by atoms with Gasteiger partial charge in [0.05, 0.1) is 18.9 Å². The predicted molar refractivity (Wildman–Crippen MR) is 213 cm³/mol. The molecule has 1 fully saturated rings. The van der Waals surface area contributed by atoms with Crippen LogP contribution in [0.2, 0.25) is 0 Å². The van der Waals surface area contributed by atoms with Crippen LogP contribution >= 0.6 is 0 Å². The van der Waals surface area contributed by atoms with Gasteiger partial charge in [-0.3, -0.25) is 43.2 Å². The number of phenolic OH excluding ortho intramolecular Hbond substituents is 2. The number of carboxylic acids is 2. The molecule has 7 atom stereocenters. The van der Waals surface area contributed by atoms with E-state index in [1.165, 1.54) is 55.1 Å². The standard InChI is InChI=1S/C41H54N6O13/c1-21(2)35(46-39(58)31(20-34(53)54)43-36(55)22(3)17-25-8-12-27(49)13-9-25)41(60)47-16-6-7-32(47)40(59)45-30(19-33(51)52)38(57)44-29(37(56)42-23(4)24(5)48)18-26-10-14-28(50)15-11-26/h8-15,21-23,29-32,35,49-50H,6-7,16-20H2,1-5H3,(H,42,56)(H,43,55)(H,44,57)(H,45,59)(H,46,58)(H,51,52)(H,53,54). The van der Waals surface area contributed by atoms with Crippen LogP contribution in [-0.2, 0) is 56.0 Å². The summed E-state index contributed by atoms with van der Waals surface area (Å²) in [5.74, 6) is -9.61. The Kier molecular flexibility index (Phi) is 17.6. The molecule has 60 heavy (non-hydrogen) atoms. The van der Waals surface area contributed by atoms with Crippen molar-refractivity contribution in [2.75, 3.05) is 6.54 Å². The zero-order valence-corrected chi connectivity index (χ0v) is 34.1. The number of nitrogens with one attached hydrogen (secondary N) is 5. The fourth-order valence-corrected chi connectivity index (χ4v) is 6.44. The van der Waals surface area contributed by atoms with Crippen molar-refractivity contribution in [2.24, 2.45) is 11.8 Å². The first-order valence-electron chi connectivity index (χ1n) is 19.5. The van der Waals surface area contributed by atoms with E-state index in [0.29, 0.717) is 17.5 Å². The van der Waals surface area contributed by atoms with E-state index in [1.807, 2.05) is 0 Å². The summed E-state index contributed by atoms with van der Waals surface area (Å²) < 4.78 is 0. The van der Waals surface area contributed by atoms with Crippen LogP contribution in [0.3, 0.4) is 0 Å². The minimum absolute atomic E-state index is 0.0343. The molecule has 326 valence electrons. The van der Waals surface area contributed by atoms with Gasteiger partial charge >= 0.3 is 11.9 Å². The number of hydrogen-bond donors (Lipinski definition) is 9. The number of aromatic hydroxyl groups is 2. The number of hydrogen-bond acceptors (Lipinski definition) is 11. The van der Waals surface area contributed by atoms with Gasteiger partial charge in [-0.15, -0.1) is 0 Å². The van der Waals surface area contributed by atoms with Gasteiger partial charge in [0.25, 0.3) is 0 Å². The second-order valence-electron chi connectivity index (χ2n) is 15.3. The lowest BCUT2D eigenvalue weighted by Gasteiger charge is -2.32. The summed E-state index contributed by atoms with van der Waals surface area (Å²) in [5, 5.41) is 50.8. The Hall–Kier alpha value is -6.53. The molecule has 19 nitrogen and oxygen atoms in total. The zero-order chi connectivity index (χ0) is 44.8. The van der Waals surface area contributed by atoms with E-state index < -0.39 is 108 Å². The number of amides is 6. The van der Waals surface area contributed by atoms with Crippen molar-refractivity contribution >= 4 is 53.2 Å². The van der Waals surface area contributed by atoms with Crippen LogP contribution in [0.5, 0.6) is 11.5 Å². The highest BCUT2D eigenvalue weighted by atomic mass is 16.4. The summed E-state index contributed by atoms with van der Waals surface area (Å²) in [7, 11) is 0. The van der Waals surface area contributed by atoms with Crippen molar-refractivity contribution in [3.05, 3.63) is 59.7 Å². The van der Waals surface area contributed by atoms with Crippen molar-refractivity contribution in [3.8, 4) is 11.5 Å². The molecular weight excluding hydrogens is 784 g/mol. The maximum atomic E-state index is 14.0. The van der Waals surface area contributed by atoms with E-state index in [-0.39, 0.29) is 43.1 Å². The largest absolute Gasteiger partial charge is 0.508 e. The minimum Gasteiger partial charge on any atom is -0.508 e. The number of carboxylic acid groups (broad SMARTS) is 2. The lowest BCUT2D eigenvalue weighted by atomic mass is 9.99. The van der Waals surface area contributed by atoms with E-state index in [4.69, 9.17) is 0 Å². The van der Waals surface area contributed by atoms with Crippen molar-refractivity contribution < 1.29 is 63.6 Å². The molecule has 1 aliphatic rings. The van der Waals surface area contributed by atoms with Gasteiger partial charge in [0.2, 0.25) is 35.4 Å². The molecule has 0 aromatic heterocycles. The summed E-state index contributed by atoms with van der Waals surface area (Å²) >= 11 is 0. The molecule has 0 spiro atoms. The maximum Gasteiger partial charge on any atom is 0.305 e. The number of nitrogens with zero attached hydrogens (tertiary/aromatic N) is 1. The second-order valence-corrected chi connectivity index (χ2v) is 15.3. The summed E-state index contributed by atoms with van der Waals surface area (Å²) in [6.07, 6.45) is -1.23. The van der Waals surface area contributed by atoms with Crippen molar-refractivity contribution in [2.45, 2.75) is 109 Å². The number of benzene rings is 2. The molecule has 0 saturated carbocycles. The Balaban J connectivity index is 1.77. The number of Topliss-reactive ketones (excluding diaryl/α,β-unsaturated/α-hetero) is 1. The third kappa shape index (κ3) is 14.4. The van der Waals surface area contributed by atoms with Gasteiger partial charge < -0.3 is 51.9 Å². The minimum atomic E-state index is -1.73. The molecule has 0 aliphatic carbocycles. The Morgan fingerprint density at radius 1 is 0.633 bits per heavy atom. The van der Waals surface area contributed by atoms with Gasteiger partial charge in [-0.25, -0.2) is 0 Å². The van der Waals surface area contributed by atoms with E-state index in [2.05, 4.69) is 26.6 Å². The highest BCUT2D eigenvalue weighted by Gasteiger charge is 2.41. The number of likely N-dealkylation sites (tertiary alicyclic amines) is 1. The molecule has 1 saturated heterocycles. The Morgan fingerprint density at radius 3 is 1.60 bits per heavy atom. The molecule has 0 radical (unpaired) electrons. The SMILES string of the molecule is CC(=O)C(C)NC(=O)C(Cc1ccc(O)cc1)NC(=O)C(CC(=O)O)NC(=O)C1CCCN1C(=O)C(NC(=O)C(CC(=O)O)NC(=O)C(C)Cc1ccc(O)cc1)C(C)C. The molecule has 1 heterocycles. The van der Waals surface area contributed by atoms with Crippen LogP contribution in [0.1, 0.15) is 71.4 Å². The number of rotatable bonds is 21. The topological polar surface area (TPSA) is 298 Å². The first-order valence-corrected chi connectivity index (χ1v) is 19.5. The average molecular weight is 839 g/mol. The van der Waals surface area contributed by atoms with Gasteiger partial charge in [-0.05, 0) is 74.4 Å². The number of aliphatic carboxylic acids is 2. The Morgan fingerprint density at radius 2 is 1.10 bits per heavy atom. The molecule has 2 aromatic rings. The number of carbonyl (C=O) groups is 9. The molecule has 7 unspecified atom stereocenters. The second kappa shape index (κ2) is 22.0. The summed E-state index contributed by atoms with van der Waals surface area (Å²) in [4.78, 5) is 118. The molecule has 6 amide bonds. The molecule has 9 N–H and O–H groups in total. The lowest BCUT2D eigenvalue weighted by Crippen LogP contribution is -2.60. The average Bonchev–Trinajstić information content (AvgIpc) is 3.67. The molecule has 1 aliphatic heterocycles. The van der Waals surface area contributed by atoms with Crippen LogP contribution in [0.25, 0.3) is 0 Å². The van der Waals surface area contributed by atoms with Gasteiger partial charge in [0.15, 0.2) is 5.78 Å². The highest BCUT2D eigenvalue weighted by molar-refractivity contribution is 5.98. The summed E-state index contributed by atoms with van der Waals surface area (Å²) in [6.45, 7) is 7.52. The zero-order valence-electron chi connectivity index (χ0n) is 34.1. The summed E-state index contributed by atoms with van der Waals surface area (Å²) in [5.41, 5.74) is 1.20. The van der Waals surface area contributed by atoms with E-state index >= 15 is 0 Å². The Labute approximate surface area is 346 Å². The molecular formula is C41H54N6O13. The molecule has 0 bridgehead atoms. The lowest BCUT2D eigenvalue weighted by molar-refractivity contribution is -0.145. The van der Waals surface area contributed by atoms with E-state index in [9.17, 15) is 63.6 Å². The Bertz CT molecular complexity index is 1900. The number of phenols is 2. The van der Waals surface area contributed by atoms with Gasteiger partial charge in [0.1, 0.15) is 41.7 Å². The first-order chi connectivity index (χ1) is 28.2. The molecule has 2 aromatic carbocycles. The predicted octanol–water partition coefficient (Wildman–Crippen LogP) is 0.148. The number of ketones is 1. The fourth-order valence-electron chi connectivity index (χ4n) is 6.44. The van der Waals surface area contributed by atoms with Gasteiger partial charge in [-0.1, -0.05) is 45.0 Å². The molecule has 19 heteroatoms. The third-order valence-electron chi connectivity index (χ3n) is 10.00. The van der Waals surface area contributed by atoms with Crippen LogP contribution in [0.15, 0.2) is 48.5 Å². The van der Waals surface area contributed by atoms with E-state index in [0.717, 1.165) is 0 Å². The van der Waals surface area contributed by atoms with Crippen molar-refractivity contribution in [1.29, 1.82) is 0 Å². The summed E-state index contributed by atoms with van der Waals surface area (Å²) in [6, 6.07) is 3.72. The van der Waals surface area contributed by atoms with Crippen molar-refractivity contribution in [3.63, 3.8) is 0 Å². The smallest absolute Gasteiger partial charge is 0.305 e. The van der Waals surface area contributed by atoms with Crippen LogP contribution < -0.4 is 26.6 Å². The van der Waals surface area contributed by atoms with E-state index in [1.54, 1.807) is 32.9 Å². The monoisotopic (exact) mass is 838 g/mol. The first kappa shape index (κ1) is 47.8. The maximum absolute atomic E-state index is 14.0. The van der Waals surface area contributed by atoms with Crippen LogP contribution in [0.4, 0.5) is 0 Å². The molecule has 3 rings (SSSR count).